The van der Waals surface area contributed by atoms with Crippen molar-refractivity contribution < 1.29 is 0 Å². The molecule has 30 heavy (non-hydrogen) atoms. The Balaban J connectivity index is 0.00000320. The van der Waals surface area contributed by atoms with Gasteiger partial charge in [0.2, 0.25) is 0 Å². The van der Waals surface area contributed by atoms with Gasteiger partial charge in [-0.2, -0.15) is 10.2 Å². The lowest BCUT2D eigenvalue weighted by atomic mass is 10.1. The molecule has 1 unspecified atom stereocenters. The normalized spacial score (nSPS) is 12.4. The maximum Gasteiger partial charge on any atom is 0.191 e. The molecule has 8 heteroatoms. The first-order chi connectivity index (χ1) is 14.0. The summed E-state index contributed by atoms with van der Waals surface area (Å²) < 4.78 is 3.82. The van der Waals surface area contributed by atoms with E-state index >= 15 is 0 Å². The van der Waals surface area contributed by atoms with Crippen molar-refractivity contribution in [2.45, 2.75) is 46.7 Å². The van der Waals surface area contributed by atoms with Gasteiger partial charge in [0.05, 0.1) is 17.9 Å². The van der Waals surface area contributed by atoms with Gasteiger partial charge < -0.3 is 10.6 Å². The highest BCUT2D eigenvalue weighted by Crippen LogP contribution is 2.15. The molecule has 1 aromatic carbocycles. The number of aryl methyl sites for hydroxylation is 2. The Hall–Kier alpha value is -2.36. The molecule has 0 aliphatic carbocycles. The molecule has 162 valence electrons. The summed E-state index contributed by atoms with van der Waals surface area (Å²) in [6, 6.07) is 10.4. The lowest BCUT2D eigenvalue weighted by Gasteiger charge is -2.18. The van der Waals surface area contributed by atoms with Crippen molar-refractivity contribution in [2.75, 3.05) is 6.54 Å². The first-order valence-electron chi connectivity index (χ1n) is 10.1. The van der Waals surface area contributed by atoms with Crippen LogP contribution in [0.15, 0.2) is 47.7 Å². The van der Waals surface area contributed by atoms with E-state index in [1.54, 1.807) is 6.20 Å². The van der Waals surface area contributed by atoms with E-state index in [1.165, 1.54) is 11.3 Å². The van der Waals surface area contributed by atoms with E-state index in [4.69, 9.17) is 4.99 Å². The summed E-state index contributed by atoms with van der Waals surface area (Å²) in [5.41, 5.74) is 5.78. The minimum atomic E-state index is 0. The average molecular weight is 521 g/mol. The van der Waals surface area contributed by atoms with Gasteiger partial charge in [0, 0.05) is 37.7 Å². The van der Waals surface area contributed by atoms with Gasteiger partial charge in [-0.05, 0) is 57.4 Å². The number of rotatable bonds is 7. The number of para-hydroxylation sites is 1. The minimum Gasteiger partial charge on any atom is -0.357 e. The smallest absolute Gasteiger partial charge is 0.191 e. The van der Waals surface area contributed by atoms with Crippen LogP contribution >= 0.6 is 24.0 Å². The molecular formula is C22H32IN7. The van der Waals surface area contributed by atoms with E-state index in [0.717, 1.165) is 35.9 Å². The topological polar surface area (TPSA) is 72.1 Å². The zero-order chi connectivity index (χ0) is 20.8. The van der Waals surface area contributed by atoms with Crippen LogP contribution in [-0.2, 0) is 20.0 Å². The van der Waals surface area contributed by atoms with Crippen molar-refractivity contribution in [1.82, 2.24) is 30.2 Å². The van der Waals surface area contributed by atoms with Gasteiger partial charge in [-0.3, -0.25) is 4.68 Å². The summed E-state index contributed by atoms with van der Waals surface area (Å²) >= 11 is 0. The Labute approximate surface area is 196 Å². The van der Waals surface area contributed by atoms with Crippen LogP contribution in [-0.4, -0.2) is 38.1 Å². The average Bonchev–Trinajstić information content (AvgIpc) is 3.31. The Morgan fingerprint density at radius 1 is 1.20 bits per heavy atom. The van der Waals surface area contributed by atoms with Gasteiger partial charge in [-0.25, -0.2) is 9.67 Å². The highest BCUT2D eigenvalue weighted by molar-refractivity contribution is 14.0. The van der Waals surface area contributed by atoms with Crippen molar-refractivity contribution in [3.05, 3.63) is 65.2 Å². The molecule has 3 rings (SSSR count). The maximum absolute atomic E-state index is 4.82. The molecule has 2 heterocycles. The first-order valence-corrected chi connectivity index (χ1v) is 10.1. The molecule has 0 spiro atoms. The predicted molar refractivity (Wildman–Crippen MR) is 133 cm³/mol. The fourth-order valence-electron chi connectivity index (χ4n) is 3.47. The summed E-state index contributed by atoms with van der Waals surface area (Å²) in [6.45, 7) is 9.83. The number of hydrogen-bond acceptors (Lipinski definition) is 3. The van der Waals surface area contributed by atoms with Gasteiger partial charge in [0.25, 0.3) is 0 Å². The number of nitrogens with one attached hydrogen (secondary N) is 2. The SMILES string of the molecule is CCNC(=NCc1ccccc1-n1cccn1)NC(C)Cc1c(C)nn(C)c1C.I. The van der Waals surface area contributed by atoms with Crippen molar-refractivity contribution in [2.24, 2.45) is 12.0 Å². The van der Waals surface area contributed by atoms with E-state index in [1.807, 2.05) is 40.8 Å². The molecule has 0 radical (unpaired) electrons. The molecule has 0 saturated carbocycles. The second-order valence-electron chi connectivity index (χ2n) is 7.30. The summed E-state index contributed by atoms with van der Waals surface area (Å²) in [6.07, 6.45) is 4.64. The summed E-state index contributed by atoms with van der Waals surface area (Å²) in [5, 5.41) is 15.8. The molecule has 0 bridgehead atoms. The lowest BCUT2D eigenvalue weighted by Crippen LogP contribution is -2.43. The molecule has 7 nitrogen and oxygen atoms in total. The van der Waals surface area contributed by atoms with Gasteiger partial charge in [0.15, 0.2) is 5.96 Å². The van der Waals surface area contributed by atoms with Crippen molar-refractivity contribution in [3.8, 4) is 5.69 Å². The monoisotopic (exact) mass is 521 g/mol. The summed E-state index contributed by atoms with van der Waals surface area (Å²) in [7, 11) is 1.99. The summed E-state index contributed by atoms with van der Waals surface area (Å²) in [5.74, 6) is 0.814. The molecule has 3 aromatic rings. The zero-order valence-corrected chi connectivity index (χ0v) is 20.7. The molecule has 0 fully saturated rings. The number of aromatic nitrogens is 4. The van der Waals surface area contributed by atoms with E-state index < -0.39 is 0 Å². The van der Waals surface area contributed by atoms with E-state index in [-0.39, 0.29) is 30.0 Å². The molecule has 0 aliphatic rings. The Kier molecular flexibility index (Phi) is 8.88. The highest BCUT2D eigenvalue weighted by atomic mass is 127. The second-order valence-corrected chi connectivity index (χ2v) is 7.30. The molecule has 0 saturated heterocycles. The van der Waals surface area contributed by atoms with Crippen LogP contribution in [0.1, 0.15) is 36.4 Å². The molecule has 0 amide bonds. The van der Waals surface area contributed by atoms with E-state index in [2.05, 4.69) is 60.7 Å². The molecule has 1 atom stereocenters. The van der Waals surface area contributed by atoms with Crippen LogP contribution in [0.25, 0.3) is 5.69 Å². The third-order valence-electron chi connectivity index (χ3n) is 5.05. The summed E-state index contributed by atoms with van der Waals surface area (Å²) in [4.78, 5) is 4.82. The molecule has 0 aliphatic heterocycles. The maximum atomic E-state index is 4.82. The van der Waals surface area contributed by atoms with Crippen LogP contribution in [0.5, 0.6) is 0 Å². The molecule has 2 aromatic heterocycles. The van der Waals surface area contributed by atoms with E-state index in [0.29, 0.717) is 6.54 Å². The number of aliphatic imine (C=N–C) groups is 1. The number of guanidine groups is 1. The van der Waals surface area contributed by atoms with E-state index in [9.17, 15) is 0 Å². The highest BCUT2D eigenvalue weighted by Gasteiger charge is 2.14. The molecular weight excluding hydrogens is 489 g/mol. The third-order valence-corrected chi connectivity index (χ3v) is 5.05. The first kappa shape index (κ1) is 23.9. The van der Waals surface area contributed by atoms with Crippen LogP contribution in [0.4, 0.5) is 0 Å². The van der Waals surface area contributed by atoms with Crippen molar-refractivity contribution in [3.63, 3.8) is 0 Å². The van der Waals surface area contributed by atoms with Crippen molar-refractivity contribution in [1.29, 1.82) is 0 Å². The van der Waals surface area contributed by atoms with Crippen molar-refractivity contribution >= 4 is 29.9 Å². The molecule has 2 N–H and O–H groups in total. The number of hydrogen-bond donors (Lipinski definition) is 2. The van der Waals surface area contributed by atoms with Crippen LogP contribution in [0, 0.1) is 13.8 Å². The predicted octanol–water partition coefficient (Wildman–Crippen LogP) is 3.53. The quantitative estimate of drug-likeness (QED) is 0.284. The van der Waals surface area contributed by atoms with Crippen LogP contribution in [0.2, 0.25) is 0 Å². The number of nitrogens with zero attached hydrogens (tertiary/aromatic N) is 5. The number of halogens is 1. The minimum absolute atomic E-state index is 0. The number of benzene rings is 1. The standard InChI is InChI=1S/C22H31N7.HI/c1-6-23-22(26-16(2)14-20-17(3)27-28(5)18(20)4)24-15-19-10-7-8-11-21(19)29-13-9-12-25-29;/h7-13,16H,6,14-15H2,1-5H3,(H2,23,24,26);1H. The Morgan fingerprint density at radius 3 is 2.60 bits per heavy atom. The van der Waals surface area contributed by atoms with Gasteiger partial charge in [-0.1, -0.05) is 18.2 Å². The third kappa shape index (κ3) is 5.84. The zero-order valence-electron chi connectivity index (χ0n) is 18.4. The fraction of sp³-hybridized carbons (Fsp3) is 0.409. The second kappa shape index (κ2) is 11.1. The Morgan fingerprint density at radius 2 is 1.97 bits per heavy atom. The lowest BCUT2D eigenvalue weighted by molar-refractivity contribution is 0.635. The fourth-order valence-corrected chi connectivity index (χ4v) is 3.47. The van der Waals surface area contributed by atoms with Gasteiger partial charge >= 0.3 is 0 Å². The van der Waals surface area contributed by atoms with Gasteiger partial charge in [-0.15, -0.1) is 24.0 Å². The van der Waals surface area contributed by atoms with Gasteiger partial charge in [0.1, 0.15) is 0 Å². The van der Waals surface area contributed by atoms with Crippen LogP contribution in [0.3, 0.4) is 0 Å². The Bertz CT molecular complexity index is 960. The largest absolute Gasteiger partial charge is 0.357 e. The van der Waals surface area contributed by atoms with Crippen LogP contribution < -0.4 is 10.6 Å².